The third-order valence-corrected chi connectivity index (χ3v) is 3.89. The first-order chi connectivity index (χ1) is 8.65. The van der Waals surface area contributed by atoms with Crippen LogP contribution >= 0.6 is 11.3 Å². The number of aryl methyl sites for hydroxylation is 2. The van der Waals surface area contributed by atoms with E-state index in [0.717, 1.165) is 15.3 Å². The molecular weight excluding hydrogens is 248 g/mol. The Morgan fingerprint density at radius 1 is 1.17 bits per heavy atom. The lowest BCUT2D eigenvalue weighted by atomic mass is 10.0. The van der Waals surface area contributed by atoms with Gasteiger partial charge in [-0.15, -0.1) is 11.3 Å². The normalized spacial score (nSPS) is 12.8. The molecule has 1 aliphatic heterocycles. The monoisotopic (exact) mass is 260 g/mol. The number of hydrogen-bond acceptors (Lipinski definition) is 4. The van der Waals surface area contributed by atoms with Gasteiger partial charge in [-0.25, -0.2) is 0 Å². The summed E-state index contributed by atoms with van der Waals surface area (Å²) in [6, 6.07) is 7.25. The second kappa shape index (κ2) is 4.14. The maximum Gasteiger partial charge on any atom is 0.231 e. The van der Waals surface area contributed by atoms with Crippen molar-refractivity contribution in [2.75, 3.05) is 6.79 Å². The van der Waals surface area contributed by atoms with E-state index in [1.807, 2.05) is 19.9 Å². The molecule has 0 unspecified atom stereocenters. The Bertz CT molecular complexity index is 628. The highest BCUT2D eigenvalue weighted by molar-refractivity contribution is 7.12. The second-order valence-corrected chi connectivity index (χ2v) is 5.68. The zero-order chi connectivity index (χ0) is 12.7. The molecule has 0 bridgehead atoms. The van der Waals surface area contributed by atoms with Gasteiger partial charge in [-0.2, -0.15) is 0 Å². The molecule has 1 aromatic heterocycles. The molecule has 0 atom stereocenters. The molecule has 0 N–H and O–H groups in total. The van der Waals surface area contributed by atoms with Gasteiger partial charge in [0.1, 0.15) is 0 Å². The predicted molar refractivity (Wildman–Crippen MR) is 69.8 cm³/mol. The Balaban J connectivity index is 2.00. The van der Waals surface area contributed by atoms with E-state index in [2.05, 4.69) is 0 Å². The first-order valence-electron chi connectivity index (χ1n) is 5.66. The lowest BCUT2D eigenvalue weighted by Gasteiger charge is -2.02. The molecule has 92 valence electrons. The van der Waals surface area contributed by atoms with Crippen LogP contribution in [0.25, 0.3) is 0 Å². The van der Waals surface area contributed by atoms with E-state index in [1.54, 1.807) is 29.5 Å². The van der Waals surface area contributed by atoms with E-state index < -0.39 is 0 Å². The van der Waals surface area contributed by atoms with E-state index in [1.165, 1.54) is 0 Å². The molecule has 0 radical (unpaired) electrons. The van der Waals surface area contributed by atoms with Crippen molar-refractivity contribution in [3.63, 3.8) is 0 Å². The number of carbonyl (C=O) groups excluding carboxylic acids is 1. The fourth-order valence-corrected chi connectivity index (χ4v) is 2.97. The molecule has 0 spiro atoms. The van der Waals surface area contributed by atoms with Gasteiger partial charge >= 0.3 is 0 Å². The van der Waals surface area contributed by atoms with Crippen LogP contribution in [0.4, 0.5) is 0 Å². The first kappa shape index (κ1) is 11.3. The first-order valence-corrected chi connectivity index (χ1v) is 6.48. The van der Waals surface area contributed by atoms with Gasteiger partial charge in [0.15, 0.2) is 17.3 Å². The van der Waals surface area contributed by atoms with Gasteiger partial charge in [0, 0.05) is 20.9 Å². The number of hydrogen-bond donors (Lipinski definition) is 0. The van der Waals surface area contributed by atoms with Crippen molar-refractivity contribution < 1.29 is 14.3 Å². The topological polar surface area (TPSA) is 35.5 Å². The minimum Gasteiger partial charge on any atom is -0.454 e. The third-order valence-electron chi connectivity index (χ3n) is 2.92. The van der Waals surface area contributed by atoms with E-state index in [9.17, 15) is 4.79 Å². The highest BCUT2D eigenvalue weighted by Crippen LogP contribution is 2.33. The molecule has 3 rings (SSSR count). The summed E-state index contributed by atoms with van der Waals surface area (Å²) in [5.74, 6) is 1.38. The minimum absolute atomic E-state index is 0.0372. The van der Waals surface area contributed by atoms with Crippen LogP contribution in [0, 0.1) is 13.8 Å². The second-order valence-electron chi connectivity index (χ2n) is 4.22. The molecule has 3 nitrogen and oxygen atoms in total. The van der Waals surface area contributed by atoms with Crippen molar-refractivity contribution in [2.24, 2.45) is 0 Å². The standard InChI is InChI=1S/C14H12O3S/c1-8-5-11(9(2)18-8)14(15)10-3-4-12-13(6-10)17-7-16-12/h3-6H,7H2,1-2H3. The molecule has 0 saturated carbocycles. The maximum atomic E-state index is 12.4. The van der Waals surface area contributed by atoms with E-state index in [0.29, 0.717) is 17.1 Å². The Hall–Kier alpha value is -1.81. The van der Waals surface area contributed by atoms with Crippen LogP contribution < -0.4 is 9.47 Å². The number of thiophene rings is 1. The minimum atomic E-state index is 0.0372. The van der Waals surface area contributed by atoms with E-state index >= 15 is 0 Å². The van der Waals surface area contributed by atoms with Gasteiger partial charge < -0.3 is 9.47 Å². The largest absolute Gasteiger partial charge is 0.454 e. The zero-order valence-corrected chi connectivity index (χ0v) is 11.0. The molecule has 18 heavy (non-hydrogen) atoms. The zero-order valence-electron chi connectivity index (χ0n) is 10.1. The fraction of sp³-hybridized carbons (Fsp3) is 0.214. The van der Waals surface area contributed by atoms with Gasteiger partial charge in [-0.05, 0) is 38.1 Å². The van der Waals surface area contributed by atoms with Crippen molar-refractivity contribution in [2.45, 2.75) is 13.8 Å². The average molecular weight is 260 g/mol. The summed E-state index contributed by atoms with van der Waals surface area (Å²) in [6.45, 7) is 4.20. The van der Waals surface area contributed by atoms with Crippen LogP contribution in [0.2, 0.25) is 0 Å². The molecule has 2 heterocycles. The highest BCUT2D eigenvalue weighted by Gasteiger charge is 2.19. The Morgan fingerprint density at radius 3 is 2.67 bits per heavy atom. The SMILES string of the molecule is Cc1cc(C(=O)c2ccc3c(c2)OCO3)c(C)s1. The van der Waals surface area contributed by atoms with Crippen molar-refractivity contribution in [3.05, 3.63) is 45.1 Å². The lowest BCUT2D eigenvalue weighted by molar-refractivity contribution is 0.103. The molecule has 1 aliphatic rings. The van der Waals surface area contributed by atoms with Crippen LogP contribution in [-0.2, 0) is 0 Å². The molecule has 0 saturated heterocycles. The fourth-order valence-electron chi connectivity index (χ4n) is 2.05. The van der Waals surface area contributed by atoms with Gasteiger partial charge in [0.05, 0.1) is 0 Å². The van der Waals surface area contributed by atoms with Crippen molar-refractivity contribution in [1.82, 2.24) is 0 Å². The third kappa shape index (κ3) is 1.78. The van der Waals surface area contributed by atoms with Gasteiger partial charge in [-0.1, -0.05) is 0 Å². The van der Waals surface area contributed by atoms with Gasteiger partial charge in [0.2, 0.25) is 6.79 Å². The average Bonchev–Trinajstić information content (AvgIpc) is 2.93. The summed E-state index contributed by atoms with van der Waals surface area (Å²) in [5, 5.41) is 0. The van der Waals surface area contributed by atoms with Crippen LogP contribution in [0.1, 0.15) is 25.7 Å². The Kier molecular flexibility index (Phi) is 2.59. The Morgan fingerprint density at radius 2 is 1.94 bits per heavy atom. The number of ketones is 1. The summed E-state index contributed by atoms with van der Waals surface area (Å²) < 4.78 is 10.5. The number of fused-ring (bicyclic) bond motifs is 1. The summed E-state index contributed by atoms with van der Waals surface area (Å²) in [5.41, 5.74) is 1.41. The van der Waals surface area contributed by atoms with E-state index in [4.69, 9.17) is 9.47 Å². The number of ether oxygens (including phenoxy) is 2. The van der Waals surface area contributed by atoms with Crippen molar-refractivity contribution in [1.29, 1.82) is 0 Å². The van der Waals surface area contributed by atoms with Gasteiger partial charge in [-0.3, -0.25) is 4.79 Å². The lowest BCUT2D eigenvalue weighted by Crippen LogP contribution is -2.01. The van der Waals surface area contributed by atoms with Crippen LogP contribution in [0.5, 0.6) is 11.5 Å². The molecule has 0 aliphatic carbocycles. The highest BCUT2D eigenvalue weighted by atomic mass is 32.1. The van der Waals surface area contributed by atoms with Crippen LogP contribution in [0.3, 0.4) is 0 Å². The van der Waals surface area contributed by atoms with Crippen molar-refractivity contribution in [3.8, 4) is 11.5 Å². The number of rotatable bonds is 2. The summed E-state index contributed by atoms with van der Waals surface area (Å²) >= 11 is 1.64. The molecular formula is C14H12O3S. The quantitative estimate of drug-likeness (QED) is 0.777. The van der Waals surface area contributed by atoms with Crippen molar-refractivity contribution >= 4 is 17.1 Å². The summed E-state index contributed by atoms with van der Waals surface area (Å²) in [6.07, 6.45) is 0. The summed E-state index contributed by atoms with van der Waals surface area (Å²) in [4.78, 5) is 14.6. The maximum absolute atomic E-state index is 12.4. The van der Waals surface area contributed by atoms with Crippen LogP contribution in [0.15, 0.2) is 24.3 Å². The van der Waals surface area contributed by atoms with E-state index in [-0.39, 0.29) is 12.6 Å². The number of carbonyl (C=O) groups is 1. The van der Waals surface area contributed by atoms with Gasteiger partial charge in [0.25, 0.3) is 0 Å². The molecule has 2 aromatic rings. The number of benzene rings is 1. The molecule has 0 amide bonds. The molecule has 4 heteroatoms. The molecule has 0 fully saturated rings. The molecule has 1 aromatic carbocycles. The smallest absolute Gasteiger partial charge is 0.231 e. The summed E-state index contributed by atoms with van der Waals surface area (Å²) in [7, 11) is 0. The Labute approximate surface area is 109 Å². The van der Waals surface area contributed by atoms with Crippen LogP contribution in [-0.4, -0.2) is 12.6 Å². The predicted octanol–water partition coefficient (Wildman–Crippen LogP) is 3.32.